The molecular weight excluding hydrogens is 311 g/mol. The van der Waals surface area contributed by atoms with E-state index in [9.17, 15) is 9.59 Å². The van der Waals surface area contributed by atoms with Crippen molar-refractivity contribution in [2.45, 2.75) is 0 Å². The summed E-state index contributed by atoms with van der Waals surface area (Å²) in [6, 6.07) is 4.97. The first-order chi connectivity index (χ1) is 8.02. The van der Waals surface area contributed by atoms with Crippen LogP contribution in [0.3, 0.4) is 0 Å². The minimum atomic E-state index is -0.655. The quantitative estimate of drug-likeness (QED) is 0.898. The molecule has 0 aliphatic heterocycles. The topological polar surface area (TPSA) is 67.4 Å². The van der Waals surface area contributed by atoms with Crippen LogP contribution in [0, 0.1) is 0 Å². The Kier molecular flexibility index (Phi) is 5.24. The van der Waals surface area contributed by atoms with Crippen LogP contribution in [0.5, 0.6) is 0 Å². The van der Waals surface area contributed by atoms with Crippen molar-refractivity contribution in [3.8, 4) is 0 Å². The summed E-state index contributed by atoms with van der Waals surface area (Å²) < 4.78 is 5.01. The summed E-state index contributed by atoms with van der Waals surface area (Å²) >= 11 is 9.04. The van der Waals surface area contributed by atoms with Crippen molar-refractivity contribution in [1.82, 2.24) is 5.32 Å². The number of rotatable bonds is 3. The zero-order valence-corrected chi connectivity index (χ0v) is 11.3. The van der Waals surface area contributed by atoms with Crippen LogP contribution in [-0.2, 0) is 9.53 Å². The predicted octanol–water partition coefficient (Wildman–Crippen LogP) is 2.40. The summed E-state index contributed by atoms with van der Waals surface area (Å²) in [5.41, 5.74) is 0.581. The molecule has 0 saturated heterocycles. The van der Waals surface area contributed by atoms with Gasteiger partial charge in [0.25, 0.3) is 0 Å². The van der Waals surface area contributed by atoms with Gasteiger partial charge in [0.1, 0.15) is 6.54 Å². The van der Waals surface area contributed by atoms with Gasteiger partial charge in [0.2, 0.25) is 5.91 Å². The lowest BCUT2D eigenvalue weighted by Gasteiger charge is -2.07. The van der Waals surface area contributed by atoms with E-state index in [0.717, 1.165) is 0 Å². The van der Waals surface area contributed by atoms with E-state index < -0.39 is 6.09 Å². The highest BCUT2D eigenvalue weighted by molar-refractivity contribution is 9.10. The summed E-state index contributed by atoms with van der Waals surface area (Å²) in [7, 11) is 1.23. The van der Waals surface area contributed by atoms with Crippen molar-refractivity contribution in [2.75, 3.05) is 19.0 Å². The third-order valence-corrected chi connectivity index (χ3v) is 3.00. The fourth-order valence-electron chi connectivity index (χ4n) is 1.00. The van der Waals surface area contributed by atoms with Crippen LogP contribution in [0.2, 0.25) is 5.02 Å². The molecule has 0 fully saturated rings. The third kappa shape index (κ3) is 4.62. The molecule has 2 N–H and O–H groups in total. The zero-order valence-electron chi connectivity index (χ0n) is 8.92. The molecule has 0 atom stereocenters. The highest BCUT2D eigenvalue weighted by Gasteiger charge is 2.06. The lowest BCUT2D eigenvalue weighted by atomic mass is 10.3. The Bertz CT molecular complexity index is 440. The van der Waals surface area contributed by atoms with E-state index >= 15 is 0 Å². The number of nitrogens with one attached hydrogen (secondary N) is 2. The highest BCUT2D eigenvalue weighted by Crippen LogP contribution is 2.25. The van der Waals surface area contributed by atoms with E-state index in [-0.39, 0.29) is 12.5 Å². The molecule has 0 bridgehead atoms. The number of carbonyl (C=O) groups is 2. The van der Waals surface area contributed by atoms with Crippen molar-refractivity contribution < 1.29 is 14.3 Å². The molecule has 0 saturated carbocycles. The number of benzene rings is 1. The van der Waals surface area contributed by atoms with Gasteiger partial charge in [0.15, 0.2) is 0 Å². The van der Waals surface area contributed by atoms with Crippen molar-refractivity contribution >= 4 is 45.2 Å². The Balaban J connectivity index is 2.50. The molecule has 0 radical (unpaired) electrons. The average Bonchev–Trinajstić information content (AvgIpc) is 2.31. The molecule has 0 aliphatic carbocycles. The van der Waals surface area contributed by atoms with E-state index in [1.807, 2.05) is 0 Å². The zero-order chi connectivity index (χ0) is 12.8. The average molecular weight is 322 g/mol. The Morgan fingerprint density at radius 2 is 2.18 bits per heavy atom. The van der Waals surface area contributed by atoms with E-state index in [0.29, 0.717) is 15.2 Å². The number of anilines is 1. The lowest BCUT2D eigenvalue weighted by Crippen LogP contribution is -2.32. The van der Waals surface area contributed by atoms with Gasteiger partial charge in [-0.1, -0.05) is 11.6 Å². The number of methoxy groups -OCH3 is 1. The summed E-state index contributed by atoms with van der Waals surface area (Å²) in [5.74, 6) is -0.357. The molecule has 17 heavy (non-hydrogen) atoms. The molecule has 0 aliphatic rings. The van der Waals surface area contributed by atoms with E-state index in [4.69, 9.17) is 11.6 Å². The fraction of sp³-hybridized carbons (Fsp3) is 0.200. The van der Waals surface area contributed by atoms with Gasteiger partial charge in [-0.3, -0.25) is 4.79 Å². The third-order valence-electron chi connectivity index (χ3n) is 1.78. The normalized spacial score (nSPS) is 9.59. The van der Waals surface area contributed by atoms with Gasteiger partial charge in [-0.05, 0) is 34.1 Å². The Morgan fingerprint density at radius 1 is 1.47 bits per heavy atom. The predicted molar refractivity (Wildman–Crippen MR) is 68.2 cm³/mol. The van der Waals surface area contributed by atoms with Crippen molar-refractivity contribution in [3.63, 3.8) is 0 Å². The summed E-state index contributed by atoms with van der Waals surface area (Å²) in [4.78, 5) is 22.1. The first-order valence-corrected chi connectivity index (χ1v) is 5.76. The molecule has 1 rings (SSSR count). The highest BCUT2D eigenvalue weighted by atomic mass is 79.9. The van der Waals surface area contributed by atoms with E-state index in [1.165, 1.54) is 7.11 Å². The molecule has 1 aromatic rings. The molecule has 1 aromatic carbocycles. The largest absolute Gasteiger partial charge is 0.453 e. The van der Waals surface area contributed by atoms with Crippen LogP contribution in [0.4, 0.5) is 10.5 Å². The SMILES string of the molecule is COC(=O)NCC(=O)Nc1ccc(Cl)c(Br)c1. The maximum absolute atomic E-state index is 11.4. The summed E-state index contributed by atoms with van der Waals surface area (Å²) in [5, 5.41) is 5.41. The number of hydrogen-bond donors (Lipinski definition) is 2. The first kappa shape index (κ1) is 13.8. The number of carbonyl (C=O) groups excluding carboxylic acids is 2. The molecule has 0 unspecified atom stereocenters. The first-order valence-electron chi connectivity index (χ1n) is 4.59. The summed E-state index contributed by atoms with van der Waals surface area (Å²) in [6.45, 7) is -0.160. The second kappa shape index (κ2) is 6.46. The number of ether oxygens (including phenoxy) is 1. The van der Waals surface area contributed by atoms with Gasteiger partial charge in [0, 0.05) is 10.2 Å². The second-order valence-electron chi connectivity index (χ2n) is 3.02. The van der Waals surface area contributed by atoms with Crippen LogP contribution in [-0.4, -0.2) is 25.7 Å². The van der Waals surface area contributed by atoms with Gasteiger partial charge in [-0.2, -0.15) is 0 Å². The van der Waals surface area contributed by atoms with Crippen LogP contribution < -0.4 is 10.6 Å². The Hall–Kier alpha value is -1.27. The minimum Gasteiger partial charge on any atom is -0.453 e. The van der Waals surface area contributed by atoms with E-state index in [2.05, 4.69) is 31.3 Å². The molecule has 0 aromatic heterocycles. The van der Waals surface area contributed by atoms with Crippen LogP contribution >= 0.6 is 27.5 Å². The van der Waals surface area contributed by atoms with Crippen molar-refractivity contribution in [2.24, 2.45) is 0 Å². The van der Waals surface area contributed by atoms with Crippen LogP contribution in [0.15, 0.2) is 22.7 Å². The summed E-state index contributed by atoms with van der Waals surface area (Å²) in [6.07, 6.45) is -0.655. The number of amides is 2. The number of hydrogen-bond acceptors (Lipinski definition) is 3. The lowest BCUT2D eigenvalue weighted by molar-refractivity contribution is -0.115. The van der Waals surface area contributed by atoms with Crippen molar-refractivity contribution in [3.05, 3.63) is 27.7 Å². The minimum absolute atomic E-state index is 0.160. The maximum atomic E-state index is 11.4. The van der Waals surface area contributed by atoms with Gasteiger partial charge in [-0.15, -0.1) is 0 Å². The fourth-order valence-corrected chi connectivity index (χ4v) is 1.50. The van der Waals surface area contributed by atoms with Gasteiger partial charge < -0.3 is 15.4 Å². The van der Waals surface area contributed by atoms with Gasteiger partial charge in [-0.25, -0.2) is 4.79 Å². The monoisotopic (exact) mass is 320 g/mol. The van der Waals surface area contributed by atoms with Crippen LogP contribution in [0.25, 0.3) is 0 Å². The number of halogens is 2. The van der Waals surface area contributed by atoms with Gasteiger partial charge in [0.05, 0.1) is 12.1 Å². The number of alkyl carbamates (subject to hydrolysis) is 1. The molecule has 0 spiro atoms. The molecule has 5 nitrogen and oxygen atoms in total. The molecular formula is C10H10BrClN2O3. The molecule has 92 valence electrons. The van der Waals surface area contributed by atoms with Gasteiger partial charge >= 0.3 is 6.09 Å². The van der Waals surface area contributed by atoms with Crippen LogP contribution in [0.1, 0.15) is 0 Å². The Labute approximate surface area is 112 Å². The Morgan fingerprint density at radius 3 is 2.76 bits per heavy atom. The molecule has 7 heteroatoms. The standard InChI is InChI=1S/C10H10BrClN2O3/c1-17-10(16)13-5-9(15)14-6-2-3-8(12)7(11)4-6/h2-4H,5H2,1H3,(H,13,16)(H,14,15). The molecule has 0 heterocycles. The second-order valence-corrected chi connectivity index (χ2v) is 4.28. The maximum Gasteiger partial charge on any atom is 0.407 e. The van der Waals surface area contributed by atoms with Crippen molar-refractivity contribution in [1.29, 1.82) is 0 Å². The molecule has 2 amide bonds. The van der Waals surface area contributed by atoms with E-state index in [1.54, 1.807) is 18.2 Å². The smallest absolute Gasteiger partial charge is 0.407 e.